The van der Waals surface area contributed by atoms with Gasteiger partial charge in [-0.2, -0.15) is 0 Å². The number of aromatic nitrogens is 1. The number of amides is 2. The lowest BCUT2D eigenvalue weighted by Gasteiger charge is -2.43. The van der Waals surface area contributed by atoms with Crippen molar-refractivity contribution in [3.05, 3.63) is 95.8 Å². The van der Waals surface area contributed by atoms with Gasteiger partial charge in [0.1, 0.15) is 11.5 Å². The molecule has 0 unspecified atom stereocenters. The van der Waals surface area contributed by atoms with Crippen LogP contribution in [-0.4, -0.2) is 46.5 Å². The molecule has 0 saturated carbocycles. The summed E-state index contributed by atoms with van der Waals surface area (Å²) in [4.78, 5) is 21.7. The van der Waals surface area contributed by atoms with Crippen molar-refractivity contribution in [3.8, 4) is 11.5 Å². The molecule has 1 N–H and O–H groups in total. The van der Waals surface area contributed by atoms with E-state index in [2.05, 4.69) is 27.3 Å². The van der Waals surface area contributed by atoms with Gasteiger partial charge >= 0.3 is 6.03 Å². The summed E-state index contributed by atoms with van der Waals surface area (Å²) in [6, 6.07) is 23.7. The van der Waals surface area contributed by atoms with Crippen LogP contribution in [0.1, 0.15) is 5.56 Å². The van der Waals surface area contributed by atoms with Crippen molar-refractivity contribution in [1.29, 1.82) is 0 Å². The smallest absolute Gasteiger partial charge is 0.322 e. The van der Waals surface area contributed by atoms with Crippen molar-refractivity contribution in [2.24, 2.45) is 5.92 Å². The molecule has 0 radical (unpaired) electrons. The number of ether oxygens (including phenoxy) is 1. The average Bonchev–Trinajstić information content (AvgIpc) is 3.16. The number of halogens is 1. The van der Waals surface area contributed by atoms with E-state index in [-0.39, 0.29) is 12.1 Å². The lowest BCUT2D eigenvalue weighted by atomic mass is 9.92. The van der Waals surface area contributed by atoms with E-state index in [0.29, 0.717) is 10.9 Å². The topological polar surface area (TPSA) is 57.7 Å². The highest BCUT2D eigenvalue weighted by Crippen LogP contribution is 2.34. The third kappa shape index (κ3) is 4.55. The first-order chi connectivity index (χ1) is 17.1. The molecule has 6 nitrogen and oxygen atoms in total. The minimum Gasteiger partial charge on any atom is -0.457 e. The lowest BCUT2D eigenvalue weighted by molar-refractivity contribution is 0.0919. The van der Waals surface area contributed by atoms with E-state index in [1.54, 1.807) is 6.20 Å². The van der Waals surface area contributed by atoms with E-state index in [4.69, 9.17) is 16.3 Å². The molecular weight excluding hydrogens is 460 g/mol. The van der Waals surface area contributed by atoms with Crippen molar-refractivity contribution in [2.75, 3.05) is 25.0 Å². The molecule has 3 aromatic carbocycles. The Bertz CT molecular complexity index is 1370. The molecule has 35 heavy (non-hydrogen) atoms. The second-order valence-corrected chi connectivity index (χ2v) is 9.65. The van der Waals surface area contributed by atoms with Crippen LogP contribution in [0.15, 0.2) is 85.2 Å². The highest BCUT2D eigenvalue weighted by molar-refractivity contribution is 6.30. The van der Waals surface area contributed by atoms with Gasteiger partial charge in [-0.3, -0.25) is 9.88 Å². The fraction of sp³-hybridized carbons (Fsp3) is 0.214. The number of hydrogen-bond donors (Lipinski definition) is 1. The maximum atomic E-state index is 13.0. The third-order valence-electron chi connectivity index (χ3n) is 6.84. The number of likely N-dealkylation sites (tertiary alicyclic amines) is 2. The number of urea groups is 1. The Morgan fingerprint density at radius 3 is 2.71 bits per heavy atom. The molecule has 2 aliphatic heterocycles. The quantitative estimate of drug-likeness (QED) is 0.376. The molecule has 6 rings (SSSR count). The van der Waals surface area contributed by atoms with Crippen molar-refractivity contribution in [2.45, 2.75) is 12.6 Å². The zero-order valence-corrected chi connectivity index (χ0v) is 19.9. The summed E-state index contributed by atoms with van der Waals surface area (Å²) >= 11 is 5.96. The van der Waals surface area contributed by atoms with Crippen LogP contribution in [-0.2, 0) is 6.54 Å². The molecule has 2 fully saturated rings. The van der Waals surface area contributed by atoms with Gasteiger partial charge in [0.05, 0.1) is 17.9 Å². The van der Waals surface area contributed by atoms with E-state index in [1.165, 1.54) is 5.56 Å². The van der Waals surface area contributed by atoms with Gasteiger partial charge in [0.15, 0.2) is 0 Å². The number of rotatable bonds is 5. The third-order valence-corrected chi connectivity index (χ3v) is 7.09. The number of benzene rings is 3. The number of hydrogen-bond acceptors (Lipinski definition) is 4. The van der Waals surface area contributed by atoms with Crippen LogP contribution in [0.3, 0.4) is 0 Å². The first kappa shape index (κ1) is 21.9. The van der Waals surface area contributed by atoms with E-state index >= 15 is 0 Å². The number of nitrogens with zero attached hydrogens (tertiary/aromatic N) is 3. The van der Waals surface area contributed by atoms with Gasteiger partial charge in [0, 0.05) is 54.1 Å². The Labute approximate surface area is 209 Å². The Kier molecular flexibility index (Phi) is 5.76. The molecule has 0 spiro atoms. The first-order valence-corrected chi connectivity index (χ1v) is 12.2. The number of fused-ring (bicyclic) bond motifs is 2. The van der Waals surface area contributed by atoms with Gasteiger partial charge in [0.25, 0.3) is 0 Å². The van der Waals surface area contributed by atoms with Crippen LogP contribution in [0.4, 0.5) is 10.5 Å². The summed E-state index contributed by atoms with van der Waals surface area (Å²) in [6.45, 7) is 3.47. The average molecular weight is 485 g/mol. The number of carbonyl (C=O) groups is 1. The van der Waals surface area contributed by atoms with E-state index in [9.17, 15) is 4.79 Å². The summed E-state index contributed by atoms with van der Waals surface area (Å²) in [6.07, 6.45) is 3.53. The summed E-state index contributed by atoms with van der Waals surface area (Å²) < 4.78 is 5.99. The molecule has 176 valence electrons. The number of anilines is 1. The van der Waals surface area contributed by atoms with Crippen LogP contribution in [0, 0.1) is 5.92 Å². The summed E-state index contributed by atoms with van der Waals surface area (Å²) in [5, 5.41) is 5.78. The fourth-order valence-corrected chi connectivity index (χ4v) is 5.22. The van der Waals surface area contributed by atoms with Crippen molar-refractivity contribution >= 4 is 34.1 Å². The molecule has 0 bridgehead atoms. The van der Waals surface area contributed by atoms with Gasteiger partial charge in [-0.25, -0.2) is 4.79 Å². The van der Waals surface area contributed by atoms with Gasteiger partial charge < -0.3 is 15.0 Å². The maximum absolute atomic E-state index is 13.0. The molecule has 2 amide bonds. The second-order valence-electron chi connectivity index (χ2n) is 9.22. The van der Waals surface area contributed by atoms with Crippen LogP contribution >= 0.6 is 11.6 Å². The summed E-state index contributed by atoms with van der Waals surface area (Å²) in [5.74, 6) is 2.07. The Balaban J connectivity index is 1.07. The first-order valence-electron chi connectivity index (χ1n) is 11.8. The maximum Gasteiger partial charge on any atom is 0.322 e. The number of pyridine rings is 1. The molecular formula is C28H25ClN4O2. The summed E-state index contributed by atoms with van der Waals surface area (Å²) in [7, 11) is 0. The zero-order chi connectivity index (χ0) is 23.8. The lowest BCUT2D eigenvalue weighted by Crippen LogP contribution is -2.59. The molecule has 2 atom stereocenters. The standard InChI is InChI=1S/C28H25ClN4O2/c29-22-8-10-23(11-9-22)35-24-6-3-4-19(12-24)15-32-16-21-17-33(27(21)18-32)28(34)31-26-14-30-13-20-5-1-2-7-25(20)26/h1-14,21,27H,15-18H2,(H,31,34)/t21-,27-/m0/s1. The molecule has 0 aliphatic carbocycles. The molecule has 4 aromatic rings. The fourth-order valence-electron chi connectivity index (χ4n) is 5.09. The van der Waals surface area contributed by atoms with E-state index < -0.39 is 0 Å². The second kappa shape index (κ2) is 9.21. The summed E-state index contributed by atoms with van der Waals surface area (Å²) in [5.41, 5.74) is 1.94. The zero-order valence-electron chi connectivity index (χ0n) is 19.1. The normalized spacial score (nSPS) is 19.3. The highest BCUT2D eigenvalue weighted by Gasteiger charge is 2.47. The van der Waals surface area contributed by atoms with Gasteiger partial charge in [-0.15, -0.1) is 0 Å². The molecule has 2 saturated heterocycles. The predicted molar refractivity (Wildman–Crippen MR) is 138 cm³/mol. The van der Waals surface area contributed by atoms with Crippen LogP contribution in [0.25, 0.3) is 10.8 Å². The van der Waals surface area contributed by atoms with E-state index in [0.717, 1.165) is 54.1 Å². The van der Waals surface area contributed by atoms with Crippen molar-refractivity contribution in [1.82, 2.24) is 14.8 Å². The molecule has 7 heteroatoms. The predicted octanol–water partition coefficient (Wildman–Crippen LogP) is 6.03. The minimum atomic E-state index is -0.0513. The Hall–Kier alpha value is -3.61. The van der Waals surface area contributed by atoms with Crippen LogP contribution in [0.2, 0.25) is 5.02 Å². The molecule has 1 aromatic heterocycles. The van der Waals surface area contributed by atoms with Crippen molar-refractivity contribution < 1.29 is 9.53 Å². The Morgan fingerprint density at radius 1 is 0.971 bits per heavy atom. The van der Waals surface area contributed by atoms with Crippen molar-refractivity contribution in [3.63, 3.8) is 0 Å². The number of nitrogens with one attached hydrogen (secondary N) is 1. The SMILES string of the molecule is O=C(Nc1cncc2ccccc12)N1C[C@@H]2CN(Cc3cccc(Oc4ccc(Cl)cc4)c3)C[C@@H]21. The highest BCUT2D eigenvalue weighted by atomic mass is 35.5. The largest absolute Gasteiger partial charge is 0.457 e. The van der Waals surface area contributed by atoms with Gasteiger partial charge in [0.2, 0.25) is 0 Å². The monoisotopic (exact) mass is 484 g/mol. The van der Waals surface area contributed by atoms with Crippen LogP contribution in [0.5, 0.6) is 11.5 Å². The number of carbonyl (C=O) groups excluding carboxylic acids is 1. The minimum absolute atomic E-state index is 0.0513. The molecule has 3 heterocycles. The van der Waals surface area contributed by atoms with Gasteiger partial charge in [-0.05, 0) is 42.0 Å². The van der Waals surface area contributed by atoms with Gasteiger partial charge in [-0.1, -0.05) is 48.0 Å². The molecule has 2 aliphatic rings. The van der Waals surface area contributed by atoms with E-state index in [1.807, 2.05) is 71.8 Å². The Morgan fingerprint density at radius 2 is 1.83 bits per heavy atom. The van der Waals surface area contributed by atoms with Crippen LogP contribution < -0.4 is 10.1 Å².